The number of nitrogens with two attached hydrogens (primary N) is 1. The Morgan fingerprint density at radius 1 is 1.12 bits per heavy atom. The number of benzene rings is 2. The van der Waals surface area contributed by atoms with Crippen molar-refractivity contribution >= 4 is 30.1 Å². The SMILES string of the molecule is C=N/C(=C\C(=NCOC)NC(C(=O)C(N)=C(C=NC)c1ccccc1)c1ccccc1)OC. The van der Waals surface area contributed by atoms with E-state index in [0.717, 1.165) is 5.56 Å². The van der Waals surface area contributed by atoms with Gasteiger partial charge in [0.2, 0.25) is 11.7 Å². The van der Waals surface area contributed by atoms with Crippen molar-refractivity contribution in [2.24, 2.45) is 20.7 Å². The van der Waals surface area contributed by atoms with E-state index in [1.54, 1.807) is 13.3 Å². The van der Waals surface area contributed by atoms with Crippen LogP contribution in [0.15, 0.2) is 93.3 Å². The summed E-state index contributed by atoms with van der Waals surface area (Å²) >= 11 is 0. The van der Waals surface area contributed by atoms with Crippen LogP contribution in [0.3, 0.4) is 0 Å². The summed E-state index contributed by atoms with van der Waals surface area (Å²) in [6.45, 7) is 3.54. The minimum Gasteiger partial charge on any atom is -0.481 e. The molecule has 172 valence electrons. The van der Waals surface area contributed by atoms with Gasteiger partial charge in [-0.25, -0.2) is 9.98 Å². The summed E-state index contributed by atoms with van der Waals surface area (Å²) in [5, 5.41) is 3.15. The average Bonchev–Trinajstić information content (AvgIpc) is 2.87. The van der Waals surface area contributed by atoms with E-state index in [0.29, 0.717) is 17.0 Å². The number of carbonyl (C=O) groups is 1. The topological polar surface area (TPSA) is 111 Å². The fourth-order valence-electron chi connectivity index (χ4n) is 2.98. The van der Waals surface area contributed by atoms with Gasteiger partial charge in [0.15, 0.2) is 0 Å². The number of methoxy groups -OCH3 is 2. The van der Waals surface area contributed by atoms with E-state index < -0.39 is 6.04 Å². The summed E-state index contributed by atoms with van der Waals surface area (Å²) in [5.74, 6) is 0.203. The van der Waals surface area contributed by atoms with Crippen molar-refractivity contribution in [1.29, 1.82) is 0 Å². The van der Waals surface area contributed by atoms with Crippen LogP contribution in [-0.4, -0.2) is 52.5 Å². The molecular formula is C25H29N5O3. The molecule has 0 heterocycles. The predicted molar refractivity (Wildman–Crippen MR) is 133 cm³/mol. The molecule has 0 aromatic heterocycles. The second kappa shape index (κ2) is 13.4. The fraction of sp³-hybridized carbons (Fsp3) is 0.200. The summed E-state index contributed by atoms with van der Waals surface area (Å²) in [5.41, 5.74) is 8.50. The second-order valence-electron chi connectivity index (χ2n) is 6.74. The molecular weight excluding hydrogens is 418 g/mol. The lowest BCUT2D eigenvalue weighted by molar-refractivity contribution is -0.117. The fourth-order valence-corrected chi connectivity index (χ4v) is 2.98. The molecule has 2 aromatic carbocycles. The summed E-state index contributed by atoms with van der Waals surface area (Å²) in [6, 6.07) is 17.8. The number of ether oxygens (including phenoxy) is 2. The summed E-state index contributed by atoms with van der Waals surface area (Å²) in [6.07, 6.45) is 3.11. The third-order valence-electron chi connectivity index (χ3n) is 4.58. The molecule has 0 fully saturated rings. The van der Waals surface area contributed by atoms with Crippen molar-refractivity contribution in [2.45, 2.75) is 6.04 Å². The minimum absolute atomic E-state index is 0.0613. The number of nitrogens with zero attached hydrogens (tertiary/aromatic N) is 3. The quantitative estimate of drug-likeness (QED) is 0.238. The van der Waals surface area contributed by atoms with Gasteiger partial charge in [0.05, 0.1) is 12.8 Å². The molecule has 0 saturated heterocycles. The van der Waals surface area contributed by atoms with Crippen molar-refractivity contribution in [3.05, 3.63) is 89.4 Å². The van der Waals surface area contributed by atoms with E-state index in [1.165, 1.54) is 20.3 Å². The highest BCUT2D eigenvalue weighted by Crippen LogP contribution is 2.22. The van der Waals surface area contributed by atoms with E-state index in [4.69, 9.17) is 15.2 Å². The zero-order valence-corrected chi connectivity index (χ0v) is 19.1. The maximum absolute atomic E-state index is 13.7. The first-order valence-electron chi connectivity index (χ1n) is 10.1. The Labute approximate surface area is 194 Å². The monoisotopic (exact) mass is 447 g/mol. The number of ketones is 1. The summed E-state index contributed by atoms with van der Waals surface area (Å²) in [4.78, 5) is 25.9. The zero-order chi connectivity index (χ0) is 24.1. The van der Waals surface area contributed by atoms with Gasteiger partial charge < -0.3 is 20.5 Å². The molecule has 0 radical (unpaired) electrons. The Hall–Kier alpha value is -4.04. The number of rotatable bonds is 11. The number of hydrogen-bond donors (Lipinski definition) is 2. The van der Waals surface area contributed by atoms with Gasteiger partial charge in [-0.2, -0.15) is 0 Å². The standard InChI is InChI=1S/C25H29N5O3/c1-27-16-20(18-11-7-5-8-12-18)23(26)25(31)24(19-13-9-6-10-14-19)30-21(29-17-32-3)15-22(28-2)33-4/h5-16,24H,2,17,26H2,1,3-4H3,(H,29,30)/b22-15+,23-20?,27-16?. The maximum Gasteiger partial charge on any atom is 0.216 e. The molecule has 0 aliphatic heterocycles. The summed E-state index contributed by atoms with van der Waals surface area (Å²) in [7, 11) is 4.61. The van der Waals surface area contributed by atoms with Gasteiger partial charge in [-0.15, -0.1) is 0 Å². The van der Waals surface area contributed by atoms with Crippen molar-refractivity contribution in [2.75, 3.05) is 28.0 Å². The van der Waals surface area contributed by atoms with Gasteiger partial charge >= 0.3 is 0 Å². The van der Waals surface area contributed by atoms with E-state index in [9.17, 15) is 4.79 Å². The van der Waals surface area contributed by atoms with Crippen LogP contribution in [-0.2, 0) is 14.3 Å². The third kappa shape index (κ3) is 7.26. The van der Waals surface area contributed by atoms with Crippen LogP contribution in [0.4, 0.5) is 0 Å². The lowest BCUT2D eigenvalue weighted by atomic mass is 9.96. The van der Waals surface area contributed by atoms with Crippen molar-refractivity contribution in [3.63, 3.8) is 0 Å². The Kier molecular flexibility index (Phi) is 10.2. The molecule has 1 unspecified atom stereocenters. The molecule has 0 amide bonds. The van der Waals surface area contributed by atoms with Gasteiger partial charge in [-0.1, -0.05) is 60.7 Å². The largest absolute Gasteiger partial charge is 0.481 e. The number of amidine groups is 1. The first-order chi connectivity index (χ1) is 16.0. The number of hydrogen-bond acceptors (Lipinski definition) is 7. The maximum atomic E-state index is 13.7. The smallest absolute Gasteiger partial charge is 0.216 e. The van der Waals surface area contributed by atoms with Crippen LogP contribution >= 0.6 is 0 Å². The molecule has 8 heteroatoms. The van der Waals surface area contributed by atoms with Crippen LogP contribution in [0.25, 0.3) is 5.57 Å². The summed E-state index contributed by atoms with van der Waals surface area (Å²) < 4.78 is 10.2. The van der Waals surface area contributed by atoms with Gasteiger partial charge in [0.1, 0.15) is 18.6 Å². The predicted octanol–water partition coefficient (Wildman–Crippen LogP) is 3.15. The number of allylic oxidation sites excluding steroid dienone is 1. The van der Waals surface area contributed by atoms with Gasteiger partial charge in [0.25, 0.3) is 0 Å². The molecule has 0 saturated carbocycles. The normalized spacial score (nSPS) is 13.9. The van der Waals surface area contributed by atoms with Gasteiger partial charge in [-0.05, 0) is 17.8 Å². The molecule has 33 heavy (non-hydrogen) atoms. The Balaban J connectivity index is 2.58. The second-order valence-corrected chi connectivity index (χ2v) is 6.74. The third-order valence-corrected chi connectivity index (χ3v) is 4.58. The van der Waals surface area contributed by atoms with Crippen LogP contribution < -0.4 is 11.1 Å². The van der Waals surface area contributed by atoms with Crippen molar-refractivity contribution in [1.82, 2.24) is 5.32 Å². The molecule has 0 bridgehead atoms. The highest BCUT2D eigenvalue weighted by molar-refractivity contribution is 6.20. The highest BCUT2D eigenvalue weighted by atomic mass is 16.5. The molecule has 2 aromatic rings. The van der Waals surface area contributed by atoms with E-state index in [2.05, 4.69) is 27.0 Å². The van der Waals surface area contributed by atoms with Crippen LogP contribution in [0.2, 0.25) is 0 Å². The molecule has 3 N–H and O–H groups in total. The van der Waals surface area contributed by atoms with Crippen molar-refractivity contribution in [3.8, 4) is 0 Å². The van der Waals surface area contributed by atoms with E-state index in [-0.39, 0.29) is 24.1 Å². The molecule has 0 aliphatic carbocycles. The molecule has 8 nitrogen and oxygen atoms in total. The first-order valence-corrected chi connectivity index (χ1v) is 10.1. The van der Waals surface area contributed by atoms with Gasteiger partial charge in [0, 0.05) is 32.0 Å². The number of carbonyl (C=O) groups excluding carboxylic acids is 1. The molecule has 0 aliphatic rings. The Morgan fingerprint density at radius 2 is 1.76 bits per heavy atom. The number of Topliss-reactive ketones (excluding diaryl/α,β-unsaturated/α-hetero) is 1. The van der Waals surface area contributed by atoms with E-state index >= 15 is 0 Å². The lowest BCUT2D eigenvalue weighted by Gasteiger charge is -2.21. The lowest BCUT2D eigenvalue weighted by Crippen LogP contribution is -2.36. The number of nitrogens with one attached hydrogen (secondary N) is 1. The zero-order valence-electron chi connectivity index (χ0n) is 19.1. The average molecular weight is 448 g/mol. The van der Waals surface area contributed by atoms with Crippen LogP contribution in [0.5, 0.6) is 0 Å². The van der Waals surface area contributed by atoms with E-state index in [1.807, 2.05) is 60.7 Å². The highest BCUT2D eigenvalue weighted by Gasteiger charge is 2.25. The Morgan fingerprint density at radius 3 is 2.30 bits per heavy atom. The Bertz CT molecular complexity index is 1040. The molecule has 2 rings (SSSR count). The van der Waals surface area contributed by atoms with Crippen LogP contribution in [0, 0.1) is 0 Å². The van der Waals surface area contributed by atoms with Gasteiger partial charge in [-0.3, -0.25) is 9.79 Å². The first kappa shape index (κ1) is 25.2. The number of aliphatic imine (C=N–C) groups is 3. The minimum atomic E-state index is -0.843. The molecule has 1 atom stereocenters. The van der Waals surface area contributed by atoms with Crippen molar-refractivity contribution < 1.29 is 14.3 Å². The van der Waals surface area contributed by atoms with Crippen LogP contribution in [0.1, 0.15) is 17.2 Å². The molecule has 0 spiro atoms.